The molecule has 2 atom stereocenters. The molecule has 1 aliphatic carbocycles. The average molecular weight is 581 g/mol. The van der Waals surface area contributed by atoms with Crippen molar-refractivity contribution in [1.29, 1.82) is 0 Å². The van der Waals surface area contributed by atoms with Gasteiger partial charge >= 0.3 is 0 Å². The second-order valence-electron chi connectivity index (χ2n) is 10.5. The second-order valence-corrected chi connectivity index (χ2v) is 14.3. The van der Waals surface area contributed by atoms with Crippen LogP contribution < -0.4 is 14.8 Å². The van der Waals surface area contributed by atoms with E-state index in [4.69, 9.17) is 9.47 Å². The number of pyridine rings is 1. The van der Waals surface area contributed by atoms with Crippen molar-refractivity contribution in [2.75, 3.05) is 39.9 Å². The lowest BCUT2D eigenvalue weighted by atomic mass is 9.88. The molecule has 5 rings (SSSR count). The summed E-state index contributed by atoms with van der Waals surface area (Å²) in [5.41, 5.74) is 1.68. The zero-order valence-electron chi connectivity index (χ0n) is 22.0. The predicted octanol–water partition coefficient (Wildman–Crippen LogP) is 0.820. The number of nitrogens with zero attached hydrogens (tertiary/aromatic N) is 2. The van der Waals surface area contributed by atoms with Gasteiger partial charge < -0.3 is 19.9 Å². The van der Waals surface area contributed by atoms with Crippen LogP contribution in [0.5, 0.6) is 5.75 Å². The third-order valence-corrected chi connectivity index (χ3v) is 11.1. The zero-order chi connectivity index (χ0) is 27.7. The van der Waals surface area contributed by atoms with E-state index in [1.54, 1.807) is 22.5 Å². The number of aliphatic hydroxyl groups excluding tert-OH is 1. The van der Waals surface area contributed by atoms with Gasteiger partial charge in [-0.3, -0.25) is 4.98 Å². The molecule has 2 aromatic rings. The van der Waals surface area contributed by atoms with E-state index in [1.165, 1.54) is 25.4 Å². The molecule has 0 radical (unpaired) electrons. The number of aromatic nitrogens is 1. The minimum Gasteiger partial charge on any atom is -0.491 e. The van der Waals surface area contributed by atoms with Gasteiger partial charge in [0.2, 0.25) is 20.0 Å². The normalized spacial score (nSPS) is 22.2. The number of hydrogen-bond donors (Lipinski definition) is 3. The van der Waals surface area contributed by atoms with E-state index in [0.717, 1.165) is 36.9 Å². The van der Waals surface area contributed by atoms with Crippen LogP contribution in [0.1, 0.15) is 36.9 Å². The van der Waals surface area contributed by atoms with E-state index in [0.29, 0.717) is 38.3 Å². The van der Waals surface area contributed by atoms with Crippen LogP contribution in [0.2, 0.25) is 0 Å². The monoisotopic (exact) mass is 580 g/mol. The maximum Gasteiger partial charge on any atom is 0.244 e. The van der Waals surface area contributed by atoms with Crippen LogP contribution >= 0.6 is 0 Å². The van der Waals surface area contributed by atoms with Crippen molar-refractivity contribution < 1.29 is 31.4 Å². The summed E-state index contributed by atoms with van der Waals surface area (Å²) in [4.78, 5) is 4.75. The molecule has 214 valence electrons. The van der Waals surface area contributed by atoms with E-state index >= 15 is 0 Å². The molecule has 1 aromatic heterocycles. The van der Waals surface area contributed by atoms with Crippen LogP contribution in [0.25, 0.3) is 0 Å². The Kier molecular flexibility index (Phi) is 8.30. The highest BCUT2D eigenvalue weighted by atomic mass is 32.2. The largest absolute Gasteiger partial charge is 0.491 e. The van der Waals surface area contributed by atoms with Crippen molar-refractivity contribution in [2.45, 2.75) is 66.1 Å². The molecule has 2 aliphatic heterocycles. The number of ether oxygens (including phenoxy) is 2. The van der Waals surface area contributed by atoms with Gasteiger partial charge in [0.25, 0.3) is 0 Å². The Hall–Kier alpha value is -2.13. The van der Waals surface area contributed by atoms with Crippen LogP contribution in [-0.2, 0) is 37.6 Å². The van der Waals surface area contributed by atoms with Gasteiger partial charge in [0.1, 0.15) is 23.4 Å². The first-order valence-corrected chi connectivity index (χ1v) is 16.2. The SMILES string of the molecule is CNS(=O)(=O)c1cccc(OC[C@@H](O)CNC2COC3(CCN(S(=O)(=O)c4cnc5c(c4)CCC5)CC3)C2)c1. The molecule has 1 spiro atoms. The molecule has 2 saturated heterocycles. The minimum atomic E-state index is -3.59. The summed E-state index contributed by atoms with van der Waals surface area (Å²) in [5, 5.41) is 13.7. The number of sulfonamides is 2. The maximum atomic E-state index is 13.2. The Morgan fingerprint density at radius 1 is 1.18 bits per heavy atom. The molecule has 13 heteroatoms. The number of fused-ring (bicyclic) bond motifs is 1. The third-order valence-electron chi connectivity index (χ3n) is 7.84. The van der Waals surface area contributed by atoms with Crippen LogP contribution in [0.15, 0.2) is 46.3 Å². The summed E-state index contributed by atoms with van der Waals surface area (Å²) in [6.07, 6.45) is 5.46. The Morgan fingerprint density at radius 3 is 2.74 bits per heavy atom. The lowest BCUT2D eigenvalue weighted by Gasteiger charge is -2.38. The lowest BCUT2D eigenvalue weighted by Crippen LogP contribution is -2.47. The average Bonchev–Trinajstić information content (AvgIpc) is 3.58. The minimum absolute atomic E-state index is 0.000848. The first-order chi connectivity index (χ1) is 18.6. The molecule has 39 heavy (non-hydrogen) atoms. The predicted molar refractivity (Wildman–Crippen MR) is 144 cm³/mol. The number of benzene rings is 1. The number of hydrogen-bond acceptors (Lipinski definition) is 9. The summed E-state index contributed by atoms with van der Waals surface area (Å²) >= 11 is 0. The van der Waals surface area contributed by atoms with Gasteiger partial charge in [-0.25, -0.2) is 21.6 Å². The molecular formula is C26H36N4O7S2. The first-order valence-electron chi connectivity index (χ1n) is 13.3. The summed E-state index contributed by atoms with van der Waals surface area (Å²) in [6, 6.07) is 7.92. The van der Waals surface area contributed by atoms with Gasteiger partial charge in [-0.2, -0.15) is 4.31 Å². The van der Waals surface area contributed by atoms with Gasteiger partial charge in [0.05, 0.1) is 17.1 Å². The number of aryl methyl sites for hydroxylation is 2. The molecule has 2 fully saturated rings. The van der Waals surface area contributed by atoms with E-state index in [2.05, 4.69) is 15.0 Å². The van der Waals surface area contributed by atoms with Crippen LogP contribution in [-0.4, -0.2) is 88.9 Å². The van der Waals surface area contributed by atoms with Crippen LogP contribution in [0.4, 0.5) is 0 Å². The molecule has 3 heterocycles. The number of piperidine rings is 1. The summed E-state index contributed by atoms with van der Waals surface area (Å²) in [5.74, 6) is 0.353. The fourth-order valence-corrected chi connectivity index (χ4v) is 7.76. The van der Waals surface area contributed by atoms with Gasteiger partial charge in [-0.05, 0) is 69.3 Å². The quantitative estimate of drug-likeness (QED) is 0.372. The summed E-state index contributed by atoms with van der Waals surface area (Å²) in [7, 11) is -5.83. The highest BCUT2D eigenvalue weighted by Crippen LogP contribution is 2.37. The molecule has 3 aliphatic rings. The standard InChI is InChI=1S/C26H36N4O7S2/c1-27-38(32,33)23-6-3-5-22(13-23)36-18-21(31)15-28-20-14-26(37-17-20)8-10-30(11-9-26)39(34,35)24-12-19-4-2-7-25(19)29-16-24/h3,5-6,12-13,16,20-21,27-28,31H,2,4,7-11,14-15,17-18H2,1H3/t20?,21-/m0/s1. The lowest BCUT2D eigenvalue weighted by molar-refractivity contribution is -0.0312. The highest BCUT2D eigenvalue weighted by Gasteiger charge is 2.44. The fourth-order valence-electron chi connectivity index (χ4n) is 5.56. The third kappa shape index (κ3) is 6.29. The Morgan fingerprint density at radius 2 is 1.97 bits per heavy atom. The Balaban J connectivity index is 1.08. The van der Waals surface area contributed by atoms with Gasteiger partial charge in [0.15, 0.2) is 0 Å². The van der Waals surface area contributed by atoms with Crippen LogP contribution in [0, 0.1) is 0 Å². The van der Waals surface area contributed by atoms with E-state index < -0.39 is 26.2 Å². The number of aliphatic hydroxyl groups is 1. The number of rotatable bonds is 10. The molecule has 0 amide bonds. The van der Waals surface area contributed by atoms with Gasteiger partial charge in [-0.1, -0.05) is 6.07 Å². The maximum absolute atomic E-state index is 13.2. The summed E-state index contributed by atoms with van der Waals surface area (Å²) < 4.78 is 66.0. The molecular weight excluding hydrogens is 544 g/mol. The Bertz CT molecular complexity index is 1390. The molecule has 3 N–H and O–H groups in total. The summed E-state index contributed by atoms with van der Waals surface area (Å²) in [6.45, 7) is 1.55. The molecule has 11 nitrogen and oxygen atoms in total. The zero-order valence-corrected chi connectivity index (χ0v) is 23.6. The van der Waals surface area contributed by atoms with E-state index in [9.17, 15) is 21.9 Å². The van der Waals surface area contributed by atoms with E-state index in [-0.39, 0.29) is 34.6 Å². The highest BCUT2D eigenvalue weighted by molar-refractivity contribution is 7.89. The second kappa shape index (κ2) is 11.4. The molecule has 0 saturated carbocycles. The van der Waals surface area contributed by atoms with Gasteiger partial charge in [0, 0.05) is 43.6 Å². The van der Waals surface area contributed by atoms with Crippen molar-refractivity contribution in [3.8, 4) is 5.75 Å². The fraction of sp³-hybridized carbons (Fsp3) is 0.577. The Labute approximate surface area is 230 Å². The first kappa shape index (κ1) is 28.4. The van der Waals surface area contributed by atoms with Crippen molar-refractivity contribution in [1.82, 2.24) is 19.3 Å². The molecule has 1 unspecified atom stereocenters. The van der Waals surface area contributed by atoms with Crippen molar-refractivity contribution in [3.63, 3.8) is 0 Å². The van der Waals surface area contributed by atoms with Gasteiger partial charge in [-0.15, -0.1) is 0 Å². The molecule has 0 bridgehead atoms. The van der Waals surface area contributed by atoms with E-state index in [1.807, 2.05) is 0 Å². The number of nitrogens with one attached hydrogen (secondary N) is 2. The van der Waals surface area contributed by atoms with Crippen molar-refractivity contribution >= 4 is 20.0 Å². The van der Waals surface area contributed by atoms with Crippen LogP contribution in [0.3, 0.4) is 0 Å². The topological polar surface area (TPSA) is 147 Å². The smallest absolute Gasteiger partial charge is 0.244 e. The van der Waals surface area contributed by atoms with Crippen molar-refractivity contribution in [2.24, 2.45) is 0 Å². The van der Waals surface area contributed by atoms with Crippen molar-refractivity contribution in [3.05, 3.63) is 47.8 Å². The molecule has 1 aromatic carbocycles.